The fourth-order valence-corrected chi connectivity index (χ4v) is 1.94. The molecule has 1 aliphatic heterocycles. The molecule has 2 nitrogen and oxygen atoms in total. The third-order valence-corrected chi connectivity index (χ3v) is 2.73. The summed E-state index contributed by atoms with van der Waals surface area (Å²) in [5.41, 5.74) is 0.975. The summed E-state index contributed by atoms with van der Waals surface area (Å²) < 4.78 is 13.0. The minimum Gasteiger partial charge on any atom is -0.353 e. The van der Waals surface area contributed by atoms with Crippen molar-refractivity contribution in [1.29, 1.82) is 0 Å². The van der Waals surface area contributed by atoms with Gasteiger partial charge in [0.15, 0.2) is 0 Å². The van der Waals surface area contributed by atoms with E-state index in [1.165, 1.54) is 0 Å². The molecule has 2 rings (SSSR count). The Morgan fingerprint density at radius 2 is 2.50 bits per heavy atom. The zero-order chi connectivity index (χ0) is 9.97. The second kappa shape index (κ2) is 4.13. The van der Waals surface area contributed by atoms with E-state index >= 15 is 0 Å². The number of hydrogen-bond donors (Lipinski definition) is 0. The van der Waals surface area contributed by atoms with Crippen molar-refractivity contribution in [3.8, 4) is 0 Å². The van der Waals surface area contributed by atoms with E-state index < -0.39 is 6.17 Å². The van der Waals surface area contributed by atoms with Gasteiger partial charge in [0.05, 0.1) is 12.4 Å². The summed E-state index contributed by atoms with van der Waals surface area (Å²) in [5, 5.41) is 0. The molecule has 1 aliphatic rings. The van der Waals surface area contributed by atoms with E-state index in [0.29, 0.717) is 18.8 Å². The van der Waals surface area contributed by atoms with Gasteiger partial charge in [0, 0.05) is 18.3 Å². The second-order valence-electron chi connectivity index (χ2n) is 3.45. The molecule has 1 atom stereocenters. The van der Waals surface area contributed by atoms with Crippen LogP contribution >= 0.6 is 11.6 Å². The van der Waals surface area contributed by atoms with Gasteiger partial charge in [-0.1, -0.05) is 6.07 Å². The maximum Gasteiger partial charge on any atom is 0.133 e. The lowest BCUT2D eigenvalue weighted by atomic mass is 10.3. The molecule has 0 spiro atoms. The first-order valence-electron chi connectivity index (χ1n) is 4.70. The molecular weight excluding hydrogens is 203 g/mol. The standard InChI is InChI=1S/C10H12ClFN2/c11-6-8-2-1-4-13-10(8)14-5-3-9(12)7-14/h1-2,4,9H,3,5-7H2/t9-/m0/s1. The summed E-state index contributed by atoms with van der Waals surface area (Å²) >= 11 is 5.79. The van der Waals surface area contributed by atoms with Gasteiger partial charge in [0.2, 0.25) is 0 Å². The summed E-state index contributed by atoms with van der Waals surface area (Å²) in [7, 11) is 0. The van der Waals surface area contributed by atoms with Crippen LogP contribution in [0.15, 0.2) is 18.3 Å². The molecule has 0 amide bonds. The van der Waals surface area contributed by atoms with Gasteiger partial charge in [-0.2, -0.15) is 0 Å². The maximum atomic E-state index is 13.0. The van der Waals surface area contributed by atoms with E-state index in [-0.39, 0.29) is 0 Å². The quantitative estimate of drug-likeness (QED) is 0.703. The zero-order valence-corrected chi connectivity index (χ0v) is 8.54. The van der Waals surface area contributed by atoms with Gasteiger partial charge in [-0.3, -0.25) is 0 Å². The normalized spacial score (nSPS) is 21.6. The largest absolute Gasteiger partial charge is 0.353 e. The van der Waals surface area contributed by atoms with Crippen molar-refractivity contribution in [1.82, 2.24) is 4.98 Å². The smallest absolute Gasteiger partial charge is 0.133 e. The average molecular weight is 215 g/mol. The van der Waals surface area contributed by atoms with E-state index in [9.17, 15) is 4.39 Å². The summed E-state index contributed by atoms with van der Waals surface area (Å²) in [6.45, 7) is 1.18. The molecule has 2 heterocycles. The minimum absolute atomic E-state index is 0.427. The molecule has 0 aliphatic carbocycles. The topological polar surface area (TPSA) is 16.1 Å². The number of anilines is 1. The molecule has 4 heteroatoms. The fourth-order valence-electron chi connectivity index (χ4n) is 1.73. The lowest BCUT2D eigenvalue weighted by Crippen LogP contribution is -2.22. The third-order valence-electron chi connectivity index (χ3n) is 2.44. The summed E-state index contributed by atoms with van der Waals surface area (Å²) in [6.07, 6.45) is 1.59. The zero-order valence-electron chi connectivity index (χ0n) is 7.79. The Kier molecular flexibility index (Phi) is 2.87. The van der Waals surface area contributed by atoms with Crippen LogP contribution in [0.3, 0.4) is 0 Å². The Bertz CT molecular complexity index is 319. The Balaban J connectivity index is 2.22. The monoisotopic (exact) mass is 214 g/mol. The van der Waals surface area contributed by atoms with Crippen LogP contribution in [0.4, 0.5) is 10.2 Å². The van der Waals surface area contributed by atoms with Gasteiger partial charge in [0.25, 0.3) is 0 Å². The summed E-state index contributed by atoms with van der Waals surface area (Å²) in [5.74, 6) is 1.26. The van der Waals surface area contributed by atoms with Crippen molar-refractivity contribution >= 4 is 17.4 Å². The van der Waals surface area contributed by atoms with Gasteiger partial charge < -0.3 is 4.90 Å². The highest BCUT2D eigenvalue weighted by Gasteiger charge is 2.24. The number of pyridine rings is 1. The SMILES string of the molecule is F[C@H]1CCN(c2ncccc2CCl)C1. The molecule has 14 heavy (non-hydrogen) atoms. The molecule has 76 valence electrons. The van der Waals surface area contributed by atoms with Gasteiger partial charge in [-0.15, -0.1) is 11.6 Å². The Labute approximate surface area is 87.7 Å². The summed E-state index contributed by atoms with van der Waals surface area (Å²) in [6, 6.07) is 3.78. The average Bonchev–Trinajstić information content (AvgIpc) is 2.65. The van der Waals surface area contributed by atoms with Crippen LogP contribution in [0.1, 0.15) is 12.0 Å². The van der Waals surface area contributed by atoms with Gasteiger partial charge in [-0.05, 0) is 12.5 Å². The van der Waals surface area contributed by atoms with Crippen LogP contribution < -0.4 is 4.90 Å². The van der Waals surface area contributed by atoms with Crippen LogP contribution in [0.5, 0.6) is 0 Å². The molecule has 0 unspecified atom stereocenters. The van der Waals surface area contributed by atoms with Crippen LogP contribution in [-0.2, 0) is 5.88 Å². The highest BCUT2D eigenvalue weighted by molar-refractivity contribution is 6.17. The van der Waals surface area contributed by atoms with Crippen LogP contribution in [0, 0.1) is 0 Å². The maximum absolute atomic E-state index is 13.0. The predicted molar refractivity (Wildman–Crippen MR) is 55.5 cm³/mol. The first-order valence-corrected chi connectivity index (χ1v) is 5.23. The van der Waals surface area contributed by atoms with Crippen molar-refractivity contribution in [3.05, 3.63) is 23.9 Å². The number of halogens is 2. The second-order valence-corrected chi connectivity index (χ2v) is 3.72. The molecule has 1 fully saturated rings. The minimum atomic E-state index is -0.722. The molecule has 0 radical (unpaired) electrons. The van der Waals surface area contributed by atoms with Crippen molar-refractivity contribution in [2.75, 3.05) is 18.0 Å². The molecule has 0 bridgehead atoms. The Morgan fingerprint density at radius 1 is 1.64 bits per heavy atom. The molecule has 0 N–H and O–H groups in total. The lowest BCUT2D eigenvalue weighted by Gasteiger charge is -2.18. The number of rotatable bonds is 2. The van der Waals surface area contributed by atoms with Crippen LogP contribution in [0.2, 0.25) is 0 Å². The van der Waals surface area contributed by atoms with Gasteiger partial charge >= 0.3 is 0 Å². The molecular formula is C10H12ClFN2. The van der Waals surface area contributed by atoms with Crippen molar-refractivity contribution in [2.24, 2.45) is 0 Å². The van der Waals surface area contributed by atoms with E-state index in [1.54, 1.807) is 6.20 Å². The predicted octanol–water partition coefficient (Wildman–Crippen LogP) is 2.37. The number of alkyl halides is 2. The number of hydrogen-bond acceptors (Lipinski definition) is 2. The van der Waals surface area contributed by atoms with Crippen LogP contribution in [0.25, 0.3) is 0 Å². The molecule has 0 saturated carbocycles. The third kappa shape index (κ3) is 1.82. The highest BCUT2D eigenvalue weighted by Crippen LogP contribution is 2.24. The van der Waals surface area contributed by atoms with E-state index in [4.69, 9.17) is 11.6 Å². The first kappa shape index (κ1) is 9.71. The Hall–Kier alpha value is -0.830. The first-order chi connectivity index (χ1) is 6.81. The van der Waals surface area contributed by atoms with E-state index in [1.807, 2.05) is 17.0 Å². The Morgan fingerprint density at radius 3 is 3.14 bits per heavy atom. The van der Waals surface area contributed by atoms with Crippen molar-refractivity contribution in [2.45, 2.75) is 18.5 Å². The van der Waals surface area contributed by atoms with Crippen molar-refractivity contribution < 1.29 is 4.39 Å². The van der Waals surface area contributed by atoms with Gasteiger partial charge in [0.1, 0.15) is 12.0 Å². The molecule has 0 aromatic carbocycles. The number of aromatic nitrogens is 1. The molecule has 1 aromatic heterocycles. The lowest BCUT2D eigenvalue weighted by molar-refractivity contribution is 0.364. The van der Waals surface area contributed by atoms with Crippen LogP contribution in [-0.4, -0.2) is 24.2 Å². The fraction of sp³-hybridized carbons (Fsp3) is 0.500. The van der Waals surface area contributed by atoms with E-state index in [2.05, 4.69) is 4.98 Å². The molecule has 1 aromatic rings. The summed E-state index contributed by atoms with van der Waals surface area (Å²) in [4.78, 5) is 6.20. The van der Waals surface area contributed by atoms with Crippen molar-refractivity contribution in [3.63, 3.8) is 0 Å². The van der Waals surface area contributed by atoms with Gasteiger partial charge in [-0.25, -0.2) is 9.37 Å². The number of nitrogens with zero attached hydrogens (tertiary/aromatic N) is 2. The van der Waals surface area contributed by atoms with E-state index in [0.717, 1.165) is 17.9 Å². The highest BCUT2D eigenvalue weighted by atomic mass is 35.5. The molecule has 1 saturated heterocycles.